The van der Waals surface area contributed by atoms with Crippen LogP contribution in [0.15, 0.2) is 29.3 Å². The average Bonchev–Trinajstić information content (AvgIpc) is 3.23. The summed E-state index contributed by atoms with van der Waals surface area (Å²) in [5.74, 6) is 0.319. The van der Waals surface area contributed by atoms with Crippen molar-refractivity contribution in [2.24, 2.45) is 10.7 Å². The van der Waals surface area contributed by atoms with Gasteiger partial charge in [-0.25, -0.2) is 0 Å². The van der Waals surface area contributed by atoms with E-state index in [0.29, 0.717) is 19.0 Å². The van der Waals surface area contributed by atoms with Crippen molar-refractivity contribution < 1.29 is 9.53 Å². The molecule has 0 bridgehead atoms. The Hall–Kier alpha value is -2.49. The summed E-state index contributed by atoms with van der Waals surface area (Å²) in [6.07, 6.45) is 2.31. The Kier molecular flexibility index (Phi) is 8.60. The number of hydrogen-bond donors (Lipinski definition) is 4. The third-order valence-corrected chi connectivity index (χ3v) is 5.77. The first-order chi connectivity index (χ1) is 15.4. The molecule has 1 amide bonds. The molecule has 2 saturated heterocycles. The van der Waals surface area contributed by atoms with Gasteiger partial charge in [-0.15, -0.1) is 0 Å². The van der Waals surface area contributed by atoms with Gasteiger partial charge in [0.1, 0.15) is 17.7 Å². The number of methoxy groups -OCH3 is 1. The molecule has 0 spiro atoms. The fourth-order valence-electron chi connectivity index (χ4n) is 4.41. The molecule has 3 unspecified atom stereocenters. The van der Waals surface area contributed by atoms with Crippen LogP contribution in [0, 0.1) is 5.41 Å². The molecule has 9 nitrogen and oxygen atoms in total. The highest BCUT2D eigenvalue weighted by Crippen LogP contribution is 2.17. The second kappa shape index (κ2) is 11.4. The molecular formula is C23H37N7O2. The largest absolute Gasteiger partial charge is 0.386 e. The molecule has 0 saturated carbocycles. The number of amidine groups is 2. The minimum atomic E-state index is -0.731. The van der Waals surface area contributed by atoms with Crippen LogP contribution in [-0.2, 0) is 22.6 Å². The molecule has 1 aromatic carbocycles. The summed E-state index contributed by atoms with van der Waals surface area (Å²) in [5.41, 5.74) is 8.22. The van der Waals surface area contributed by atoms with E-state index in [-0.39, 0.29) is 30.5 Å². The molecule has 2 heterocycles. The second-order valence-corrected chi connectivity index (χ2v) is 8.80. The van der Waals surface area contributed by atoms with E-state index in [1.54, 1.807) is 7.11 Å². The number of nitrogens with two attached hydrogens (primary N) is 1. The number of aliphatic imine (C=N–C) groups is 1. The molecule has 0 radical (unpaired) electrons. The van der Waals surface area contributed by atoms with Crippen LogP contribution in [0.4, 0.5) is 0 Å². The van der Waals surface area contributed by atoms with Gasteiger partial charge < -0.3 is 20.7 Å². The minimum Gasteiger partial charge on any atom is -0.386 e. The van der Waals surface area contributed by atoms with Gasteiger partial charge >= 0.3 is 0 Å². The highest BCUT2D eigenvalue weighted by atomic mass is 16.5. The van der Waals surface area contributed by atoms with Crippen molar-refractivity contribution in [3.63, 3.8) is 0 Å². The number of carbonyl (C=O) groups is 1. The fraction of sp³-hybridized carbons (Fsp3) is 0.609. The summed E-state index contributed by atoms with van der Waals surface area (Å²) in [4.78, 5) is 21.6. The minimum absolute atomic E-state index is 0.115. The van der Waals surface area contributed by atoms with Gasteiger partial charge in [-0.05, 0) is 50.9 Å². The molecule has 3 atom stereocenters. The maximum atomic E-state index is 12.4. The molecule has 2 aliphatic heterocycles. The van der Waals surface area contributed by atoms with Crippen molar-refractivity contribution in [2.45, 2.75) is 58.0 Å². The number of nitrogens with zero attached hydrogens (tertiary/aromatic N) is 3. The van der Waals surface area contributed by atoms with Gasteiger partial charge in [0.15, 0.2) is 0 Å². The number of carbonyl (C=O) groups excluding carboxylic acids is 1. The number of piperazine rings is 1. The van der Waals surface area contributed by atoms with Gasteiger partial charge in [-0.3, -0.25) is 25.4 Å². The Balaban J connectivity index is 1.78. The van der Waals surface area contributed by atoms with Gasteiger partial charge in [0, 0.05) is 26.2 Å². The number of nitrogens with one attached hydrogen (secondary N) is 3. The van der Waals surface area contributed by atoms with Gasteiger partial charge in [0.05, 0.1) is 19.3 Å². The first-order valence-corrected chi connectivity index (χ1v) is 11.4. The average molecular weight is 444 g/mol. The number of amides is 1. The van der Waals surface area contributed by atoms with Gasteiger partial charge in [0.2, 0.25) is 5.91 Å². The van der Waals surface area contributed by atoms with E-state index in [4.69, 9.17) is 20.9 Å². The normalized spacial score (nSPS) is 22.7. The van der Waals surface area contributed by atoms with Crippen LogP contribution in [-0.4, -0.2) is 79.0 Å². The predicted octanol–water partition coefficient (Wildman–Crippen LogP) is 0.888. The Labute approximate surface area is 190 Å². The Morgan fingerprint density at radius 1 is 1.31 bits per heavy atom. The lowest BCUT2D eigenvalue weighted by Gasteiger charge is -2.36. The van der Waals surface area contributed by atoms with E-state index >= 15 is 0 Å². The topological polar surface area (TPSA) is 119 Å². The van der Waals surface area contributed by atoms with Crippen molar-refractivity contribution in [3.05, 3.63) is 35.4 Å². The molecule has 2 fully saturated rings. The van der Waals surface area contributed by atoms with Crippen LogP contribution >= 0.6 is 0 Å². The second-order valence-electron chi connectivity index (χ2n) is 8.80. The maximum Gasteiger partial charge on any atom is 0.240 e. The summed E-state index contributed by atoms with van der Waals surface area (Å²) in [6, 6.07) is 7.88. The lowest BCUT2D eigenvalue weighted by molar-refractivity contribution is -0.122. The number of benzene rings is 1. The van der Waals surface area contributed by atoms with Crippen molar-refractivity contribution in [1.82, 2.24) is 20.4 Å². The number of rotatable bonds is 10. The molecule has 1 aromatic rings. The zero-order chi connectivity index (χ0) is 23.1. The SMILES string of the molecule is COCC(C)NC(C)N=C1C(C(=N)N)NC(=O)CN1Cc1cccc(CN2CCCC2)c1. The zero-order valence-corrected chi connectivity index (χ0v) is 19.4. The Morgan fingerprint density at radius 3 is 2.66 bits per heavy atom. The first-order valence-electron chi connectivity index (χ1n) is 11.4. The molecule has 0 aromatic heterocycles. The van der Waals surface area contributed by atoms with Crippen LogP contribution < -0.4 is 16.4 Å². The van der Waals surface area contributed by atoms with E-state index < -0.39 is 6.04 Å². The molecule has 2 aliphatic rings. The van der Waals surface area contributed by atoms with E-state index in [2.05, 4.69) is 39.8 Å². The third-order valence-electron chi connectivity index (χ3n) is 5.77. The number of hydrogen-bond acceptors (Lipinski definition) is 6. The third kappa shape index (κ3) is 6.75. The van der Waals surface area contributed by atoms with Crippen molar-refractivity contribution in [2.75, 3.05) is 33.4 Å². The standard InChI is InChI=1S/C23H37N7O2/c1-16(15-32-3)26-17(2)27-23-21(22(24)25)28-20(31)14-30(23)13-19-8-6-7-18(11-19)12-29-9-4-5-10-29/h6-8,11,16-17,21,26H,4-5,9-10,12-15H2,1-3H3,(H3,24,25)(H,28,31). The van der Waals surface area contributed by atoms with E-state index in [1.165, 1.54) is 18.4 Å². The van der Waals surface area contributed by atoms with Crippen molar-refractivity contribution in [3.8, 4) is 0 Å². The Bertz CT molecular complexity index is 822. The summed E-state index contributed by atoms with van der Waals surface area (Å²) in [7, 11) is 1.66. The molecule has 176 valence electrons. The van der Waals surface area contributed by atoms with Crippen LogP contribution in [0.3, 0.4) is 0 Å². The highest BCUT2D eigenvalue weighted by Gasteiger charge is 2.33. The predicted molar refractivity (Wildman–Crippen MR) is 127 cm³/mol. The maximum absolute atomic E-state index is 12.4. The Morgan fingerprint density at radius 2 is 2.00 bits per heavy atom. The highest BCUT2D eigenvalue weighted by molar-refractivity contribution is 6.12. The lowest BCUT2D eigenvalue weighted by atomic mass is 10.1. The van der Waals surface area contributed by atoms with E-state index in [0.717, 1.165) is 25.2 Å². The van der Waals surface area contributed by atoms with Gasteiger partial charge in [-0.2, -0.15) is 0 Å². The quantitative estimate of drug-likeness (QED) is 0.315. The number of likely N-dealkylation sites (tertiary alicyclic amines) is 1. The molecule has 9 heteroatoms. The molecule has 3 rings (SSSR count). The van der Waals surface area contributed by atoms with Gasteiger partial charge in [-0.1, -0.05) is 24.3 Å². The smallest absolute Gasteiger partial charge is 0.240 e. The van der Waals surface area contributed by atoms with E-state index in [1.807, 2.05) is 18.7 Å². The number of ether oxygens (including phenoxy) is 1. The van der Waals surface area contributed by atoms with E-state index in [9.17, 15) is 4.79 Å². The summed E-state index contributed by atoms with van der Waals surface area (Å²) in [5, 5.41) is 14.2. The molecule has 32 heavy (non-hydrogen) atoms. The van der Waals surface area contributed by atoms with Gasteiger partial charge in [0.25, 0.3) is 0 Å². The van der Waals surface area contributed by atoms with Crippen molar-refractivity contribution in [1.29, 1.82) is 5.41 Å². The van der Waals surface area contributed by atoms with Crippen LogP contribution in [0.25, 0.3) is 0 Å². The fourth-order valence-corrected chi connectivity index (χ4v) is 4.41. The molecule has 5 N–H and O–H groups in total. The molecular weight excluding hydrogens is 406 g/mol. The van der Waals surface area contributed by atoms with Crippen LogP contribution in [0.1, 0.15) is 37.8 Å². The summed E-state index contributed by atoms with van der Waals surface area (Å²) in [6.45, 7) is 8.50. The van der Waals surface area contributed by atoms with Crippen LogP contribution in [0.5, 0.6) is 0 Å². The summed E-state index contributed by atoms with van der Waals surface area (Å²) < 4.78 is 5.19. The monoisotopic (exact) mass is 443 g/mol. The lowest BCUT2D eigenvalue weighted by Crippen LogP contribution is -2.62. The summed E-state index contributed by atoms with van der Waals surface area (Å²) >= 11 is 0. The van der Waals surface area contributed by atoms with Crippen LogP contribution in [0.2, 0.25) is 0 Å². The van der Waals surface area contributed by atoms with Crippen molar-refractivity contribution >= 4 is 17.6 Å². The first kappa shape index (κ1) is 24.2. The zero-order valence-electron chi connectivity index (χ0n) is 19.4. The molecule has 0 aliphatic carbocycles.